The van der Waals surface area contributed by atoms with Crippen molar-refractivity contribution in [3.8, 4) is 11.5 Å². The Labute approximate surface area is 184 Å². The van der Waals surface area contributed by atoms with Crippen LogP contribution < -0.4 is 15.2 Å². The highest BCUT2D eigenvalue weighted by atomic mass is 16.5. The van der Waals surface area contributed by atoms with E-state index >= 15 is 0 Å². The molecular formula is C26H31NO4. The Morgan fingerprint density at radius 3 is 1.87 bits per heavy atom. The average Bonchev–Trinajstić information content (AvgIpc) is 2.76. The molecule has 3 aromatic rings. The number of nitrogens with two attached hydrogens (primary N) is 1. The van der Waals surface area contributed by atoms with Crippen LogP contribution in [0.1, 0.15) is 37.5 Å². The summed E-state index contributed by atoms with van der Waals surface area (Å²) in [6.45, 7) is 4.59. The van der Waals surface area contributed by atoms with Crippen molar-refractivity contribution in [3.63, 3.8) is 0 Å². The van der Waals surface area contributed by atoms with E-state index in [-0.39, 0.29) is 18.6 Å². The Kier molecular flexibility index (Phi) is 10.1. The van der Waals surface area contributed by atoms with Gasteiger partial charge in [-0.25, -0.2) is 0 Å². The predicted molar refractivity (Wildman–Crippen MR) is 123 cm³/mol. The normalized spacial score (nSPS) is 11.2. The zero-order valence-electron chi connectivity index (χ0n) is 18.1. The molecule has 0 saturated heterocycles. The van der Waals surface area contributed by atoms with E-state index in [4.69, 9.17) is 20.3 Å². The summed E-state index contributed by atoms with van der Waals surface area (Å²) in [4.78, 5) is 10.2. The minimum Gasteiger partial charge on any atom is -0.487 e. The number of aliphatic carboxylic acids is 1. The molecule has 0 heterocycles. The van der Waals surface area contributed by atoms with Gasteiger partial charge in [0.15, 0.2) is 11.5 Å². The van der Waals surface area contributed by atoms with Crippen LogP contribution in [0.4, 0.5) is 0 Å². The number of carboxylic acid groups (broad SMARTS) is 1. The third-order valence-electron chi connectivity index (χ3n) is 4.28. The highest BCUT2D eigenvalue weighted by Crippen LogP contribution is 2.32. The van der Waals surface area contributed by atoms with Gasteiger partial charge in [0.05, 0.1) is 12.5 Å². The van der Waals surface area contributed by atoms with E-state index in [1.54, 1.807) is 12.1 Å². The molecule has 3 aromatic carbocycles. The van der Waals surface area contributed by atoms with Gasteiger partial charge < -0.3 is 20.3 Å². The molecule has 1 unspecified atom stereocenters. The molecule has 31 heavy (non-hydrogen) atoms. The number of rotatable bonds is 9. The summed E-state index contributed by atoms with van der Waals surface area (Å²) in [7, 11) is 0. The molecule has 3 rings (SSSR count). The molecule has 164 valence electrons. The summed E-state index contributed by atoms with van der Waals surface area (Å²) in [6, 6.07) is 27.0. The molecule has 0 aromatic heterocycles. The molecule has 0 radical (unpaired) electrons. The summed E-state index contributed by atoms with van der Waals surface area (Å²) in [6.07, 6.45) is 0.925. The molecule has 0 fully saturated rings. The summed E-state index contributed by atoms with van der Waals surface area (Å²) in [5.41, 5.74) is 7.70. The number of carboxylic acids is 1. The van der Waals surface area contributed by atoms with Gasteiger partial charge in [-0.1, -0.05) is 72.8 Å². The Hall–Kier alpha value is -3.31. The van der Waals surface area contributed by atoms with E-state index in [1.165, 1.54) is 0 Å². The zero-order chi connectivity index (χ0) is 22.5. The van der Waals surface area contributed by atoms with Gasteiger partial charge in [-0.3, -0.25) is 4.79 Å². The van der Waals surface area contributed by atoms with Crippen molar-refractivity contribution in [2.45, 2.75) is 38.9 Å². The number of hydrogen-bond acceptors (Lipinski definition) is 4. The second-order valence-electron chi connectivity index (χ2n) is 7.26. The van der Waals surface area contributed by atoms with E-state index in [2.05, 4.69) is 12.1 Å². The van der Waals surface area contributed by atoms with Crippen molar-refractivity contribution in [1.82, 2.24) is 0 Å². The molecule has 0 amide bonds. The summed E-state index contributed by atoms with van der Waals surface area (Å²) in [5, 5.41) is 8.37. The molecule has 1 atom stereocenters. The number of ether oxygens (including phenoxy) is 2. The molecule has 5 nitrogen and oxygen atoms in total. The molecule has 5 heteroatoms. The lowest BCUT2D eigenvalue weighted by Crippen LogP contribution is -2.14. The summed E-state index contributed by atoms with van der Waals surface area (Å²) >= 11 is 0. The highest BCUT2D eigenvalue weighted by Gasteiger charge is 2.15. The largest absolute Gasteiger partial charge is 0.487 e. The van der Waals surface area contributed by atoms with Crippen LogP contribution in [0.25, 0.3) is 0 Å². The average molecular weight is 422 g/mol. The second kappa shape index (κ2) is 13.1. The minimum absolute atomic E-state index is 0.0619. The Morgan fingerprint density at radius 2 is 1.35 bits per heavy atom. The molecule has 0 bridgehead atoms. The Bertz CT molecular complexity index is 898. The SMILES string of the molecule is CC(C)Oc1ccccc1OC(CCN)c1ccccc1.O=C(O)Cc1ccccc1. The fourth-order valence-corrected chi connectivity index (χ4v) is 2.94. The lowest BCUT2D eigenvalue weighted by molar-refractivity contribution is -0.136. The quantitative estimate of drug-likeness (QED) is 0.493. The summed E-state index contributed by atoms with van der Waals surface area (Å²) in [5.74, 6) is 0.741. The molecule has 0 aliphatic carbocycles. The van der Waals surface area contributed by atoms with E-state index in [1.807, 2.05) is 74.5 Å². The number of para-hydroxylation sites is 2. The molecule has 0 aliphatic rings. The van der Waals surface area contributed by atoms with Crippen LogP contribution in [0.15, 0.2) is 84.9 Å². The molecule has 0 aliphatic heterocycles. The molecule has 0 spiro atoms. The lowest BCUT2D eigenvalue weighted by Gasteiger charge is -2.21. The third kappa shape index (κ3) is 8.93. The first-order valence-electron chi connectivity index (χ1n) is 10.4. The smallest absolute Gasteiger partial charge is 0.307 e. The molecule has 0 saturated carbocycles. The van der Waals surface area contributed by atoms with Crippen molar-refractivity contribution >= 4 is 5.97 Å². The molecule has 3 N–H and O–H groups in total. The van der Waals surface area contributed by atoms with Crippen LogP contribution in [0.2, 0.25) is 0 Å². The van der Waals surface area contributed by atoms with Crippen LogP contribution in [-0.2, 0) is 11.2 Å². The minimum atomic E-state index is -0.786. The first kappa shape index (κ1) is 24.0. The van der Waals surface area contributed by atoms with Gasteiger partial charge in [-0.15, -0.1) is 0 Å². The maximum atomic E-state index is 10.2. The van der Waals surface area contributed by atoms with E-state index in [0.717, 1.165) is 29.0 Å². The van der Waals surface area contributed by atoms with Gasteiger partial charge >= 0.3 is 5.97 Å². The zero-order valence-corrected chi connectivity index (χ0v) is 18.1. The molecular weight excluding hydrogens is 390 g/mol. The van der Waals surface area contributed by atoms with Crippen molar-refractivity contribution in [1.29, 1.82) is 0 Å². The predicted octanol–water partition coefficient (Wildman–Crippen LogP) is 5.26. The van der Waals surface area contributed by atoms with Crippen LogP contribution in [-0.4, -0.2) is 23.7 Å². The summed E-state index contributed by atoms with van der Waals surface area (Å²) < 4.78 is 12.0. The van der Waals surface area contributed by atoms with Crippen molar-refractivity contribution in [2.24, 2.45) is 5.73 Å². The Balaban J connectivity index is 0.000000285. The number of benzene rings is 3. The lowest BCUT2D eigenvalue weighted by atomic mass is 10.1. The number of carbonyl (C=O) groups is 1. The first-order valence-corrected chi connectivity index (χ1v) is 10.4. The fourth-order valence-electron chi connectivity index (χ4n) is 2.94. The number of hydrogen-bond donors (Lipinski definition) is 2. The van der Waals surface area contributed by atoms with E-state index in [0.29, 0.717) is 6.54 Å². The van der Waals surface area contributed by atoms with Crippen LogP contribution in [0.3, 0.4) is 0 Å². The monoisotopic (exact) mass is 421 g/mol. The van der Waals surface area contributed by atoms with Gasteiger partial charge in [0.25, 0.3) is 0 Å². The topological polar surface area (TPSA) is 81.8 Å². The van der Waals surface area contributed by atoms with Gasteiger partial charge in [0, 0.05) is 6.42 Å². The van der Waals surface area contributed by atoms with E-state index < -0.39 is 5.97 Å². The van der Waals surface area contributed by atoms with E-state index in [9.17, 15) is 4.79 Å². The maximum Gasteiger partial charge on any atom is 0.307 e. The Morgan fingerprint density at radius 1 is 0.839 bits per heavy atom. The van der Waals surface area contributed by atoms with Crippen molar-refractivity contribution in [3.05, 3.63) is 96.1 Å². The first-order chi connectivity index (χ1) is 15.0. The van der Waals surface area contributed by atoms with Gasteiger partial charge in [0.1, 0.15) is 6.10 Å². The van der Waals surface area contributed by atoms with Crippen LogP contribution in [0, 0.1) is 0 Å². The second-order valence-corrected chi connectivity index (χ2v) is 7.26. The highest BCUT2D eigenvalue weighted by molar-refractivity contribution is 5.70. The van der Waals surface area contributed by atoms with Crippen molar-refractivity contribution < 1.29 is 19.4 Å². The van der Waals surface area contributed by atoms with Gasteiger partial charge in [-0.05, 0) is 43.7 Å². The van der Waals surface area contributed by atoms with Crippen molar-refractivity contribution in [2.75, 3.05) is 6.54 Å². The van der Waals surface area contributed by atoms with Crippen LogP contribution >= 0.6 is 0 Å². The standard InChI is InChI=1S/C18H23NO2.C8H8O2/c1-14(2)20-17-10-6-7-11-18(17)21-16(12-13-19)15-8-4-3-5-9-15;9-8(10)6-7-4-2-1-3-5-7/h3-11,14,16H,12-13,19H2,1-2H3;1-5H,6H2,(H,9,10). The maximum absolute atomic E-state index is 10.2. The fraction of sp³-hybridized carbons (Fsp3) is 0.269. The van der Waals surface area contributed by atoms with Gasteiger partial charge in [-0.2, -0.15) is 0 Å². The van der Waals surface area contributed by atoms with Gasteiger partial charge in [0.2, 0.25) is 0 Å². The third-order valence-corrected chi connectivity index (χ3v) is 4.28. The van der Waals surface area contributed by atoms with Crippen LogP contribution in [0.5, 0.6) is 11.5 Å².